The fourth-order valence-electron chi connectivity index (χ4n) is 3.41. The van der Waals surface area contributed by atoms with E-state index in [1.54, 1.807) is 12.4 Å². The minimum Gasteiger partial charge on any atom is -0.507 e. The van der Waals surface area contributed by atoms with Crippen molar-refractivity contribution >= 4 is 12.4 Å². The van der Waals surface area contributed by atoms with E-state index in [2.05, 4.69) is 23.8 Å². The van der Waals surface area contributed by atoms with Crippen LogP contribution < -0.4 is 0 Å². The second kappa shape index (κ2) is 11.4. The van der Waals surface area contributed by atoms with Crippen LogP contribution >= 0.6 is 0 Å². The Bertz CT molecular complexity index is 798. The van der Waals surface area contributed by atoms with Gasteiger partial charge in [-0.05, 0) is 67.5 Å². The molecule has 0 bridgehead atoms. The Balaban J connectivity index is 1.90. The minimum absolute atomic E-state index is 0.310. The Morgan fingerprint density at radius 2 is 1.14 bits per heavy atom. The quantitative estimate of drug-likeness (QED) is 0.410. The van der Waals surface area contributed by atoms with Gasteiger partial charge in [0.15, 0.2) is 0 Å². The number of nitrogens with zero attached hydrogens (tertiary/aromatic N) is 2. The number of benzene rings is 2. The molecule has 0 atom stereocenters. The summed E-state index contributed by atoms with van der Waals surface area (Å²) in [4.78, 5) is 8.90. The summed E-state index contributed by atoms with van der Waals surface area (Å²) < 4.78 is 0. The molecule has 0 saturated heterocycles. The topological polar surface area (TPSA) is 65.2 Å². The molecule has 0 aliphatic carbocycles. The van der Waals surface area contributed by atoms with Crippen LogP contribution in [-0.2, 0) is 12.8 Å². The zero-order valence-corrected chi connectivity index (χ0v) is 18.2. The highest BCUT2D eigenvalue weighted by Crippen LogP contribution is 2.24. The van der Waals surface area contributed by atoms with Gasteiger partial charge in [0.2, 0.25) is 0 Å². The molecule has 4 nitrogen and oxygen atoms in total. The van der Waals surface area contributed by atoms with Gasteiger partial charge < -0.3 is 10.2 Å². The number of aryl methyl sites for hydroxylation is 4. The van der Waals surface area contributed by atoms with E-state index in [1.807, 2.05) is 38.1 Å². The smallest absolute Gasteiger partial charge is 0.127 e. The van der Waals surface area contributed by atoms with Gasteiger partial charge in [-0.25, -0.2) is 0 Å². The average Bonchev–Trinajstić information content (AvgIpc) is 2.68. The third-order valence-electron chi connectivity index (χ3n) is 4.89. The van der Waals surface area contributed by atoms with E-state index in [1.165, 1.54) is 11.1 Å². The molecule has 0 saturated carbocycles. The lowest BCUT2D eigenvalue weighted by Gasteiger charge is -2.07. The monoisotopic (exact) mass is 394 g/mol. The maximum Gasteiger partial charge on any atom is 0.127 e. The lowest BCUT2D eigenvalue weighted by Crippen LogP contribution is -1.94. The van der Waals surface area contributed by atoms with Gasteiger partial charge in [0.25, 0.3) is 0 Å². The molecule has 2 rings (SSSR count). The lowest BCUT2D eigenvalue weighted by molar-refractivity contribution is 0.469. The van der Waals surface area contributed by atoms with Crippen molar-refractivity contribution in [3.63, 3.8) is 0 Å². The molecule has 2 aromatic rings. The van der Waals surface area contributed by atoms with E-state index >= 15 is 0 Å². The summed E-state index contributed by atoms with van der Waals surface area (Å²) in [7, 11) is 0. The first-order valence-electron chi connectivity index (χ1n) is 10.6. The summed E-state index contributed by atoms with van der Waals surface area (Å²) in [6.45, 7) is 9.44. The highest BCUT2D eigenvalue weighted by atomic mass is 16.3. The van der Waals surface area contributed by atoms with Crippen molar-refractivity contribution in [2.45, 2.75) is 59.8 Å². The van der Waals surface area contributed by atoms with E-state index in [0.29, 0.717) is 24.6 Å². The molecule has 0 radical (unpaired) electrons. The van der Waals surface area contributed by atoms with Crippen molar-refractivity contribution < 1.29 is 10.2 Å². The van der Waals surface area contributed by atoms with Gasteiger partial charge in [0.05, 0.1) is 0 Å². The van der Waals surface area contributed by atoms with Crippen LogP contribution in [0.1, 0.15) is 66.5 Å². The molecule has 0 aliphatic heterocycles. The van der Waals surface area contributed by atoms with Crippen LogP contribution in [0.4, 0.5) is 0 Å². The third-order valence-corrected chi connectivity index (χ3v) is 4.89. The highest BCUT2D eigenvalue weighted by Gasteiger charge is 2.06. The maximum absolute atomic E-state index is 10.2. The number of hydrogen-bond donors (Lipinski definition) is 2. The number of phenolic OH excluding ortho intramolecular Hbond substituents is 2. The predicted molar refractivity (Wildman–Crippen MR) is 123 cm³/mol. The molecular weight excluding hydrogens is 360 g/mol. The summed E-state index contributed by atoms with van der Waals surface area (Å²) >= 11 is 0. The Morgan fingerprint density at radius 3 is 1.52 bits per heavy atom. The Kier molecular flexibility index (Phi) is 8.91. The third kappa shape index (κ3) is 6.74. The molecule has 4 heteroatoms. The molecule has 0 heterocycles. The standard InChI is InChI=1S/C25H34N2O2/c1-5-8-20-12-18(3)24(28)22(14-20)16-26-10-7-11-27-17-23-15-21(9-6-2)13-19(4)25(23)29/h12-17,28-29H,5-11H2,1-4H3. The molecule has 0 aromatic heterocycles. The normalized spacial score (nSPS) is 11.7. The molecule has 29 heavy (non-hydrogen) atoms. The molecule has 0 amide bonds. The van der Waals surface area contributed by atoms with Gasteiger partial charge in [-0.1, -0.05) is 38.8 Å². The molecule has 0 aliphatic rings. The van der Waals surface area contributed by atoms with Gasteiger partial charge >= 0.3 is 0 Å². The zero-order valence-electron chi connectivity index (χ0n) is 18.2. The van der Waals surface area contributed by atoms with Gasteiger partial charge in [0.1, 0.15) is 11.5 Å². The first kappa shape index (κ1) is 22.7. The fraction of sp³-hybridized carbons (Fsp3) is 0.440. The van der Waals surface area contributed by atoms with Crippen LogP contribution in [0.25, 0.3) is 0 Å². The van der Waals surface area contributed by atoms with Crippen molar-refractivity contribution in [1.29, 1.82) is 0 Å². The van der Waals surface area contributed by atoms with Crippen LogP contribution in [0.2, 0.25) is 0 Å². The Hall–Kier alpha value is -2.62. The minimum atomic E-state index is 0.310. The molecular formula is C25H34N2O2. The predicted octanol–water partition coefficient (Wildman–Crippen LogP) is 5.55. The van der Waals surface area contributed by atoms with Gasteiger partial charge in [-0.3, -0.25) is 9.98 Å². The van der Waals surface area contributed by atoms with Crippen molar-refractivity contribution in [3.8, 4) is 11.5 Å². The van der Waals surface area contributed by atoms with Crippen molar-refractivity contribution in [2.75, 3.05) is 13.1 Å². The first-order chi connectivity index (χ1) is 14.0. The molecule has 0 unspecified atom stereocenters. The number of hydrogen-bond acceptors (Lipinski definition) is 4. The van der Waals surface area contributed by atoms with Crippen molar-refractivity contribution in [3.05, 3.63) is 57.6 Å². The van der Waals surface area contributed by atoms with E-state index in [0.717, 1.165) is 54.4 Å². The van der Waals surface area contributed by atoms with Crippen LogP contribution in [-0.4, -0.2) is 35.7 Å². The first-order valence-corrected chi connectivity index (χ1v) is 10.6. The zero-order chi connectivity index (χ0) is 21.2. The Morgan fingerprint density at radius 1 is 0.724 bits per heavy atom. The number of phenols is 2. The van der Waals surface area contributed by atoms with E-state index in [9.17, 15) is 10.2 Å². The van der Waals surface area contributed by atoms with E-state index in [4.69, 9.17) is 0 Å². The fourth-order valence-corrected chi connectivity index (χ4v) is 3.41. The number of aliphatic imine (C=N–C) groups is 2. The Labute approximate surface area is 175 Å². The molecule has 0 fully saturated rings. The van der Waals surface area contributed by atoms with Crippen LogP contribution in [0.5, 0.6) is 11.5 Å². The highest BCUT2D eigenvalue weighted by molar-refractivity contribution is 5.85. The van der Waals surface area contributed by atoms with Crippen LogP contribution in [0.15, 0.2) is 34.3 Å². The number of aromatic hydroxyl groups is 2. The largest absolute Gasteiger partial charge is 0.507 e. The second-order valence-corrected chi connectivity index (χ2v) is 7.63. The summed E-state index contributed by atoms with van der Waals surface area (Å²) in [6.07, 6.45) is 8.49. The van der Waals surface area contributed by atoms with Crippen molar-refractivity contribution in [2.24, 2.45) is 9.98 Å². The van der Waals surface area contributed by atoms with Crippen LogP contribution in [0, 0.1) is 13.8 Å². The van der Waals surface area contributed by atoms with Gasteiger partial charge in [0, 0.05) is 36.6 Å². The van der Waals surface area contributed by atoms with Gasteiger partial charge in [-0.2, -0.15) is 0 Å². The summed E-state index contributed by atoms with van der Waals surface area (Å²) in [5.41, 5.74) is 5.81. The molecule has 2 N–H and O–H groups in total. The lowest BCUT2D eigenvalue weighted by atomic mass is 10.0. The number of rotatable bonds is 10. The average molecular weight is 395 g/mol. The summed E-state index contributed by atoms with van der Waals surface area (Å²) in [6, 6.07) is 8.11. The maximum atomic E-state index is 10.2. The van der Waals surface area contributed by atoms with Crippen LogP contribution in [0.3, 0.4) is 0 Å². The molecule has 2 aromatic carbocycles. The summed E-state index contributed by atoms with van der Waals surface area (Å²) in [5.74, 6) is 0.619. The molecule has 0 spiro atoms. The van der Waals surface area contributed by atoms with E-state index in [-0.39, 0.29) is 0 Å². The van der Waals surface area contributed by atoms with Crippen molar-refractivity contribution in [1.82, 2.24) is 0 Å². The van der Waals surface area contributed by atoms with Gasteiger partial charge in [-0.15, -0.1) is 0 Å². The summed E-state index contributed by atoms with van der Waals surface area (Å²) in [5, 5.41) is 20.5. The SMILES string of the molecule is CCCc1cc(C)c(O)c(C=NCCCN=Cc2cc(CCC)cc(C)c2O)c1. The second-order valence-electron chi connectivity index (χ2n) is 7.63. The molecule has 156 valence electrons. The van der Waals surface area contributed by atoms with E-state index < -0.39 is 0 Å².